The maximum atomic E-state index is 12.7. The second-order valence-electron chi connectivity index (χ2n) is 5.13. The number of piperazine rings is 1. The van der Waals surface area contributed by atoms with Gasteiger partial charge in [0, 0.05) is 39.3 Å². The van der Waals surface area contributed by atoms with Crippen LogP contribution in [0.3, 0.4) is 0 Å². The summed E-state index contributed by atoms with van der Waals surface area (Å²) in [6.07, 6.45) is -4.63. The highest BCUT2D eigenvalue weighted by Gasteiger charge is 2.32. The van der Waals surface area contributed by atoms with E-state index in [2.05, 4.69) is 14.9 Å². The zero-order chi connectivity index (χ0) is 17.1. The van der Waals surface area contributed by atoms with E-state index < -0.39 is 26.7 Å². The number of sulfonamides is 1. The predicted molar refractivity (Wildman–Crippen MR) is 95.4 cm³/mol. The Morgan fingerprint density at radius 2 is 1.80 bits per heavy atom. The molecular formula is C13H19Cl3F3N3O2S. The lowest BCUT2D eigenvalue weighted by molar-refractivity contribution is -0.137. The zero-order valence-corrected chi connectivity index (χ0v) is 16.2. The van der Waals surface area contributed by atoms with Gasteiger partial charge < -0.3 is 5.32 Å². The Kier molecular flexibility index (Phi) is 10.0. The van der Waals surface area contributed by atoms with Gasteiger partial charge in [0.1, 0.15) is 4.90 Å². The normalized spacial score (nSPS) is 16.0. The van der Waals surface area contributed by atoms with Gasteiger partial charge in [0.05, 0.1) is 10.6 Å². The Balaban J connectivity index is 0.00000288. The van der Waals surface area contributed by atoms with Crippen molar-refractivity contribution in [2.75, 3.05) is 39.3 Å². The SMILES string of the molecule is Cl.Cl.O=S(=O)(NCCN1CCNCC1)c1cc(C(F)(F)F)ccc1Cl. The largest absolute Gasteiger partial charge is 0.416 e. The number of rotatable bonds is 5. The fourth-order valence-electron chi connectivity index (χ4n) is 2.24. The van der Waals surface area contributed by atoms with Gasteiger partial charge in [-0.2, -0.15) is 13.2 Å². The van der Waals surface area contributed by atoms with E-state index in [0.29, 0.717) is 12.6 Å². The zero-order valence-electron chi connectivity index (χ0n) is 13.0. The molecular weight excluding hydrogens is 426 g/mol. The number of halogens is 6. The highest BCUT2D eigenvalue weighted by atomic mass is 35.5. The smallest absolute Gasteiger partial charge is 0.314 e. The van der Waals surface area contributed by atoms with Gasteiger partial charge in [0.25, 0.3) is 0 Å². The number of alkyl halides is 3. The molecule has 25 heavy (non-hydrogen) atoms. The van der Waals surface area contributed by atoms with E-state index in [1.165, 1.54) is 0 Å². The Morgan fingerprint density at radius 3 is 2.36 bits per heavy atom. The first-order chi connectivity index (χ1) is 10.7. The molecule has 2 rings (SSSR count). The van der Waals surface area contributed by atoms with E-state index in [0.717, 1.165) is 38.3 Å². The van der Waals surface area contributed by atoms with Crippen LogP contribution in [0.5, 0.6) is 0 Å². The molecule has 12 heteroatoms. The van der Waals surface area contributed by atoms with Gasteiger partial charge in [-0.05, 0) is 18.2 Å². The van der Waals surface area contributed by atoms with Crippen molar-refractivity contribution in [3.63, 3.8) is 0 Å². The molecule has 0 radical (unpaired) electrons. The van der Waals surface area contributed by atoms with Crippen molar-refractivity contribution in [3.8, 4) is 0 Å². The van der Waals surface area contributed by atoms with Crippen LogP contribution < -0.4 is 10.0 Å². The Hall–Kier alpha value is -0.290. The van der Waals surface area contributed by atoms with E-state index in [-0.39, 0.29) is 36.4 Å². The predicted octanol–water partition coefficient (Wildman–Crippen LogP) is 2.39. The third-order valence-electron chi connectivity index (χ3n) is 3.48. The summed E-state index contributed by atoms with van der Waals surface area (Å²) in [4.78, 5) is 1.50. The molecule has 2 N–H and O–H groups in total. The summed E-state index contributed by atoms with van der Waals surface area (Å²) in [5, 5.41) is 2.93. The van der Waals surface area contributed by atoms with Gasteiger partial charge in [0.15, 0.2) is 0 Å². The van der Waals surface area contributed by atoms with Gasteiger partial charge in [-0.3, -0.25) is 4.90 Å². The van der Waals surface area contributed by atoms with Gasteiger partial charge >= 0.3 is 6.18 Å². The van der Waals surface area contributed by atoms with E-state index in [1.807, 2.05) is 0 Å². The van der Waals surface area contributed by atoms with E-state index in [4.69, 9.17) is 11.6 Å². The summed E-state index contributed by atoms with van der Waals surface area (Å²) < 4.78 is 64.8. The molecule has 1 saturated heterocycles. The molecule has 0 bridgehead atoms. The minimum atomic E-state index is -4.63. The number of nitrogens with one attached hydrogen (secondary N) is 2. The second kappa shape index (κ2) is 10.1. The van der Waals surface area contributed by atoms with Crippen LogP contribution in [0, 0.1) is 0 Å². The van der Waals surface area contributed by atoms with Crippen LogP contribution in [0.4, 0.5) is 13.2 Å². The lowest BCUT2D eigenvalue weighted by atomic mass is 10.2. The summed E-state index contributed by atoms with van der Waals surface area (Å²) in [6, 6.07) is 2.24. The van der Waals surface area contributed by atoms with Gasteiger partial charge in [0.2, 0.25) is 10.0 Å². The molecule has 0 spiro atoms. The van der Waals surface area contributed by atoms with Crippen LogP contribution >= 0.6 is 36.4 Å². The lowest BCUT2D eigenvalue weighted by Gasteiger charge is -2.27. The Labute approximate surface area is 162 Å². The molecule has 0 aromatic heterocycles. The van der Waals surface area contributed by atoms with Crippen LogP contribution in [-0.4, -0.2) is 52.6 Å². The molecule has 1 aliphatic rings. The second-order valence-corrected chi connectivity index (χ2v) is 7.27. The molecule has 1 aromatic rings. The van der Waals surface area contributed by atoms with Crippen LogP contribution in [0.15, 0.2) is 23.1 Å². The lowest BCUT2D eigenvalue weighted by Crippen LogP contribution is -2.46. The summed E-state index contributed by atoms with van der Waals surface area (Å²) in [6.45, 7) is 3.84. The molecule has 1 fully saturated rings. The highest BCUT2D eigenvalue weighted by molar-refractivity contribution is 7.89. The van der Waals surface area contributed by atoms with Crippen molar-refractivity contribution >= 4 is 46.4 Å². The molecule has 1 aliphatic heterocycles. The van der Waals surface area contributed by atoms with Gasteiger partial charge in [-0.15, -0.1) is 24.8 Å². The van der Waals surface area contributed by atoms with Crippen molar-refractivity contribution in [1.29, 1.82) is 0 Å². The first-order valence-corrected chi connectivity index (χ1v) is 8.86. The third-order valence-corrected chi connectivity index (χ3v) is 5.42. The molecule has 5 nitrogen and oxygen atoms in total. The first-order valence-electron chi connectivity index (χ1n) is 6.99. The molecule has 1 aromatic carbocycles. The molecule has 0 saturated carbocycles. The van der Waals surface area contributed by atoms with E-state index in [9.17, 15) is 21.6 Å². The van der Waals surface area contributed by atoms with Crippen LogP contribution in [0.25, 0.3) is 0 Å². The Bertz CT molecular complexity index is 654. The standard InChI is InChI=1S/C13H17ClF3N3O2S.2ClH/c14-11-2-1-10(13(15,16)17)9-12(11)23(21,22)19-5-8-20-6-3-18-4-7-20;;/h1-2,9,18-19H,3-8H2;2*1H. The monoisotopic (exact) mass is 443 g/mol. The maximum absolute atomic E-state index is 12.7. The highest BCUT2D eigenvalue weighted by Crippen LogP contribution is 2.33. The fourth-order valence-corrected chi connectivity index (χ4v) is 3.78. The minimum Gasteiger partial charge on any atom is -0.314 e. The van der Waals surface area contributed by atoms with Crippen molar-refractivity contribution in [2.45, 2.75) is 11.1 Å². The van der Waals surface area contributed by atoms with Crippen LogP contribution in [-0.2, 0) is 16.2 Å². The number of hydrogen-bond donors (Lipinski definition) is 2. The van der Waals surface area contributed by atoms with Crippen molar-refractivity contribution < 1.29 is 21.6 Å². The van der Waals surface area contributed by atoms with Crippen molar-refractivity contribution in [2.24, 2.45) is 0 Å². The van der Waals surface area contributed by atoms with Crippen LogP contribution in [0.1, 0.15) is 5.56 Å². The minimum absolute atomic E-state index is 0. The van der Waals surface area contributed by atoms with Crippen molar-refractivity contribution in [3.05, 3.63) is 28.8 Å². The Morgan fingerprint density at radius 1 is 1.20 bits per heavy atom. The quantitative estimate of drug-likeness (QED) is 0.732. The average molecular weight is 445 g/mol. The van der Waals surface area contributed by atoms with Gasteiger partial charge in [-0.25, -0.2) is 13.1 Å². The third kappa shape index (κ3) is 7.09. The molecule has 0 unspecified atom stereocenters. The fraction of sp³-hybridized carbons (Fsp3) is 0.538. The van der Waals surface area contributed by atoms with E-state index >= 15 is 0 Å². The molecule has 1 heterocycles. The number of benzene rings is 1. The van der Waals surface area contributed by atoms with Crippen molar-refractivity contribution in [1.82, 2.24) is 14.9 Å². The van der Waals surface area contributed by atoms with Crippen LogP contribution in [0.2, 0.25) is 5.02 Å². The maximum Gasteiger partial charge on any atom is 0.416 e. The molecule has 0 aliphatic carbocycles. The summed E-state index contributed by atoms with van der Waals surface area (Å²) in [5.41, 5.74) is -1.05. The summed E-state index contributed by atoms with van der Waals surface area (Å²) >= 11 is 5.75. The average Bonchev–Trinajstić information content (AvgIpc) is 2.47. The topological polar surface area (TPSA) is 61.4 Å². The number of hydrogen-bond acceptors (Lipinski definition) is 4. The molecule has 146 valence electrons. The summed E-state index contributed by atoms with van der Waals surface area (Å²) in [5.74, 6) is 0. The first kappa shape index (κ1) is 24.7. The molecule has 0 amide bonds. The van der Waals surface area contributed by atoms with E-state index in [1.54, 1.807) is 0 Å². The van der Waals surface area contributed by atoms with Gasteiger partial charge in [-0.1, -0.05) is 11.6 Å². The number of nitrogens with zero attached hydrogens (tertiary/aromatic N) is 1. The summed E-state index contributed by atoms with van der Waals surface area (Å²) in [7, 11) is -4.10. The molecule has 0 atom stereocenters.